The van der Waals surface area contributed by atoms with Crippen molar-refractivity contribution >= 4 is 16.9 Å². The molecule has 1 amide bonds. The Hall–Kier alpha value is -2.11. The zero-order valence-corrected chi connectivity index (χ0v) is 10.7. The number of fused-ring (bicyclic) bond motifs is 2. The summed E-state index contributed by atoms with van der Waals surface area (Å²) < 4.78 is 19.5. The lowest BCUT2D eigenvalue weighted by molar-refractivity contribution is 0.177. The SMILES string of the molecule is O=C(N1CC2CCC2C1)n1oc(=O)c2c(F)cccc21. The number of hydrogen-bond donors (Lipinski definition) is 0. The molecule has 2 unspecified atom stereocenters. The fourth-order valence-electron chi connectivity index (χ4n) is 3.25. The summed E-state index contributed by atoms with van der Waals surface area (Å²) in [7, 11) is 0. The van der Waals surface area contributed by atoms with Crippen LogP contribution in [0.2, 0.25) is 0 Å². The van der Waals surface area contributed by atoms with Crippen LogP contribution in [-0.2, 0) is 0 Å². The first-order valence-corrected chi connectivity index (χ1v) is 6.75. The van der Waals surface area contributed by atoms with Crippen LogP contribution < -0.4 is 5.63 Å². The van der Waals surface area contributed by atoms with Gasteiger partial charge in [-0.3, -0.25) is 0 Å². The lowest BCUT2D eigenvalue weighted by Crippen LogP contribution is -2.32. The molecule has 2 heterocycles. The van der Waals surface area contributed by atoms with E-state index in [-0.39, 0.29) is 16.9 Å². The molecule has 0 N–H and O–H groups in total. The van der Waals surface area contributed by atoms with Gasteiger partial charge in [0.2, 0.25) is 0 Å². The number of likely N-dealkylation sites (tertiary alicyclic amines) is 1. The molecule has 1 aromatic carbocycles. The highest BCUT2D eigenvalue weighted by Crippen LogP contribution is 2.40. The van der Waals surface area contributed by atoms with Gasteiger partial charge >= 0.3 is 11.7 Å². The van der Waals surface area contributed by atoms with Crippen LogP contribution >= 0.6 is 0 Å². The Bertz CT molecular complexity index is 751. The van der Waals surface area contributed by atoms with Crippen molar-refractivity contribution in [2.24, 2.45) is 11.8 Å². The molecule has 2 atom stereocenters. The van der Waals surface area contributed by atoms with Crippen molar-refractivity contribution in [2.45, 2.75) is 12.8 Å². The third-order valence-electron chi connectivity index (χ3n) is 4.52. The summed E-state index contributed by atoms with van der Waals surface area (Å²) in [6, 6.07) is 3.79. The van der Waals surface area contributed by atoms with Crippen molar-refractivity contribution in [1.82, 2.24) is 9.64 Å². The van der Waals surface area contributed by atoms with Crippen molar-refractivity contribution < 1.29 is 13.7 Å². The molecule has 1 saturated heterocycles. The van der Waals surface area contributed by atoms with Gasteiger partial charge in [0.1, 0.15) is 16.7 Å². The first-order valence-electron chi connectivity index (χ1n) is 6.75. The fourth-order valence-corrected chi connectivity index (χ4v) is 3.25. The molecule has 104 valence electrons. The molecular formula is C14H13FN2O3. The molecule has 2 aromatic rings. The van der Waals surface area contributed by atoms with Crippen molar-refractivity contribution in [3.63, 3.8) is 0 Å². The molecule has 0 bridgehead atoms. The summed E-state index contributed by atoms with van der Waals surface area (Å²) in [5, 5.41) is -0.164. The zero-order chi connectivity index (χ0) is 13.9. The van der Waals surface area contributed by atoms with Gasteiger partial charge < -0.3 is 9.42 Å². The van der Waals surface area contributed by atoms with Crippen LogP contribution in [-0.4, -0.2) is 28.8 Å². The highest BCUT2D eigenvalue weighted by Gasteiger charge is 2.42. The summed E-state index contributed by atoms with van der Waals surface area (Å²) in [6.07, 6.45) is 2.30. The van der Waals surface area contributed by atoms with Gasteiger partial charge in [-0.2, -0.15) is 0 Å². The molecule has 1 aliphatic carbocycles. The second kappa shape index (κ2) is 3.94. The van der Waals surface area contributed by atoms with Gasteiger partial charge in [-0.05, 0) is 36.8 Å². The van der Waals surface area contributed by atoms with E-state index in [9.17, 15) is 14.0 Å². The Morgan fingerprint density at radius 1 is 1.25 bits per heavy atom. The molecule has 6 heteroatoms. The number of carbonyl (C=O) groups is 1. The van der Waals surface area contributed by atoms with Crippen LogP contribution in [0.25, 0.3) is 10.9 Å². The molecule has 1 aromatic heterocycles. The van der Waals surface area contributed by atoms with E-state index in [4.69, 9.17) is 4.52 Å². The summed E-state index contributed by atoms with van der Waals surface area (Å²) >= 11 is 0. The average Bonchev–Trinajstić information content (AvgIpc) is 2.89. The molecule has 2 fully saturated rings. The molecule has 20 heavy (non-hydrogen) atoms. The van der Waals surface area contributed by atoms with E-state index in [0.717, 1.165) is 17.6 Å². The molecule has 5 nitrogen and oxygen atoms in total. The molecule has 0 spiro atoms. The van der Waals surface area contributed by atoms with Gasteiger partial charge in [-0.15, -0.1) is 4.74 Å². The minimum absolute atomic E-state index is 0.164. The monoisotopic (exact) mass is 276 g/mol. The Labute approximate surface area is 113 Å². The largest absolute Gasteiger partial charge is 0.369 e. The molecule has 0 radical (unpaired) electrons. The number of carbonyl (C=O) groups excluding carboxylic acids is 1. The van der Waals surface area contributed by atoms with E-state index in [0.29, 0.717) is 24.9 Å². The summed E-state index contributed by atoms with van der Waals surface area (Å²) in [6.45, 7) is 1.39. The van der Waals surface area contributed by atoms with Crippen LogP contribution in [0, 0.1) is 17.7 Å². The third kappa shape index (κ3) is 1.47. The number of amides is 1. The van der Waals surface area contributed by atoms with Gasteiger partial charge in [0.15, 0.2) is 0 Å². The number of benzene rings is 1. The van der Waals surface area contributed by atoms with Gasteiger partial charge in [0.05, 0.1) is 0 Å². The van der Waals surface area contributed by atoms with E-state index in [1.807, 2.05) is 0 Å². The molecule has 2 aliphatic rings. The molecule has 1 aliphatic heterocycles. The number of aromatic nitrogens is 1. The second-order valence-corrected chi connectivity index (χ2v) is 5.59. The first kappa shape index (κ1) is 11.7. The maximum atomic E-state index is 13.6. The van der Waals surface area contributed by atoms with E-state index in [1.165, 1.54) is 18.2 Å². The molecule has 4 rings (SSSR count). The third-order valence-corrected chi connectivity index (χ3v) is 4.52. The number of halogens is 1. The number of hydrogen-bond acceptors (Lipinski definition) is 3. The summed E-state index contributed by atoms with van der Waals surface area (Å²) in [5.41, 5.74) is -0.618. The molecular weight excluding hydrogens is 263 g/mol. The Kier molecular flexibility index (Phi) is 2.31. The first-order chi connectivity index (χ1) is 9.65. The van der Waals surface area contributed by atoms with Crippen LogP contribution in [0.1, 0.15) is 12.8 Å². The highest BCUT2D eigenvalue weighted by molar-refractivity contribution is 5.89. The van der Waals surface area contributed by atoms with Gasteiger partial charge in [-0.25, -0.2) is 14.0 Å². The number of nitrogens with zero attached hydrogens (tertiary/aromatic N) is 2. The second-order valence-electron chi connectivity index (χ2n) is 5.59. The Morgan fingerprint density at radius 3 is 2.60 bits per heavy atom. The smallest absolute Gasteiger partial charge is 0.326 e. The summed E-state index contributed by atoms with van der Waals surface area (Å²) in [5.74, 6) is 0.484. The van der Waals surface area contributed by atoms with Crippen LogP contribution in [0.15, 0.2) is 27.5 Å². The van der Waals surface area contributed by atoms with Crippen LogP contribution in [0.5, 0.6) is 0 Å². The number of rotatable bonds is 0. The Morgan fingerprint density at radius 2 is 1.95 bits per heavy atom. The van der Waals surface area contributed by atoms with Crippen molar-refractivity contribution in [1.29, 1.82) is 0 Å². The van der Waals surface area contributed by atoms with Gasteiger partial charge in [-0.1, -0.05) is 6.07 Å². The van der Waals surface area contributed by atoms with Crippen LogP contribution in [0.3, 0.4) is 0 Å². The average molecular weight is 276 g/mol. The fraction of sp³-hybridized carbons (Fsp3) is 0.429. The minimum Gasteiger partial charge on any atom is -0.326 e. The minimum atomic E-state index is -0.811. The maximum absolute atomic E-state index is 13.6. The highest BCUT2D eigenvalue weighted by atomic mass is 19.1. The zero-order valence-electron chi connectivity index (χ0n) is 10.7. The molecule has 1 saturated carbocycles. The van der Waals surface area contributed by atoms with E-state index < -0.39 is 11.4 Å². The lowest BCUT2D eigenvalue weighted by atomic mass is 9.77. The van der Waals surface area contributed by atoms with Crippen LogP contribution in [0.4, 0.5) is 9.18 Å². The topological polar surface area (TPSA) is 55.5 Å². The normalized spacial score (nSPS) is 24.8. The predicted molar refractivity (Wildman–Crippen MR) is 69.0 cm³/mol. The van der Waals surface area contributed by atoms with E-state index >= 15 is 0 Å². The van der Waals surface area contributed by atoms with Crippen molar-refractivity contribution in [3.05, 3.63) is 34.4 Å². The van der Waals surface area contributed by atoms with E-state index in [1.54, 1.807) is 4.90 Å². The van der Waals surface area contributed by atoms with E-state index in [2.05, 4.69) is 0 Å². The lowest BCUT2D eigenvalue weighted by Gasteiger charge is -2.27. The predicted octanol–water partition coefficient (Wildman–Crippen LogP) is 2.04. The Balaban J connectivity index is 1.77. The van der Waals surface area contributed by atoms with Crippen molar-refractivity contribution in [3.8, 4) is 0 Å². The summed E-state index contributed by atoms with van der Waals surface area (Å²) in [4.78, 5) is 25.8. The standard InChI is InChI=1S/C14H13FN2O3/c15-10-2-1-3-11-12(10)13(18)20-17(11)14(19)16-6-8-4-5-9(8)7-16/h1-3,8-9H,4-7H2. The van der Waals surface area contributed by atoms with Gasteiger partial charge in [0, 0.05) is 13.1 Å². The maximum Gasteiger partial charge on any atom is 0.369 e. The quantitative estimate of drug-likeness (QED) is 0.740. The van der Waals surface area contributed by atoms with Gasteiger partial charge in [0.25, 0.3) is 0 Å². The van der Waals surface area contributed by atoms with Crippen molar-refractivity contribution in [2.75, 3.05) is 13.1 Å².